The van der Waals surface area contributed by atoms with Gasteiger partial charge >= 0.3 is 0 Å². The molecule has 0 aliphatic heterocycles. The highest BCUT2D eigenvalue weighted by Gasteiger charge is 2.22. The Labute approximate surface area is 171 Å². The first kappa shape index (κ1) is 19.3. The second-order valence-electron chi connectivity index (χ2n) is 7.26. The predicted molar refractivity (Wildman–Crippen MR) is 111 cm³/mol. The molecule has 0 saturated heterocycles. The van der Waals surface area contributed by atoms with E-state index in [1.54, 1.807) is 18.2 Å². The van der Waals surface area contributed by atoms with Crippen molar-refractivity contribution in [2.24, 2.45) is 5.92 Å². The smallest absolute Gasteiger partial charge is 0.297 e. The summed E-state index contributed by atoms with van der Waals surface area (Å²) in [6.45, 7) is 3.84. The van der Waals surface area contributed by atoms with Gasteiger partial charge in [0.2, 0.25) is 5.91 Å². The number of fused-ring (bicyclic) bond motifs is 1. The number of benzene rings is 1. The zero-order chi connectivity index (χ0) is 20.5. The van der Waals surface area contributed by atoms with E-state index < -0.39 is 6.04 Å². The molecule has 8 nitrogen and oxygen atoms in total. The van der Waals surface area contributed by atoms with Crippen LogP contribution in [0.4, 0.5) is 11.8 Å². The van der Waals surface area contributed by atoms with E-state index in [1.807, 2.05) is 6.92 Å². The summed E-state index contributed by atoms with van der Waals surface area (Å²) in [5, 5.41) is 6.84. The third-order valence-electron chi connectivity index (χ3n) is 4.71. The SMILES string of the molecule is CC(=O)Nc1coc(N[C@@H](C)c2cc3cc(Cl)c(OCC4CC4)cc3[nH]c2=O)n1. The molecule has 1 aliphatic rings. The van der Waals surface area contributed by atoms with Crippen LogP contribution in [0.2, 0.25) is 5.02 Å². The molecule has 29 heavy (non-hydrogen) atoms. The van der Waals surface area contributed by atoms with E-state index in [2.05, 4.69) is 20.6 Å². The second-order valence-corrected chi connectivity index (χ2v) is 7.67. The van der Waals surface area contributed by atoms with Crippen LogP contribution in [0.3, 0.4) is 0 Å². The predicted octanol–water partition coefficient (Wildman–Crippen LogP) is 4.09. The number of pyridine rings is 1. The number of aromatic amines is 1. The van der Waals surface area contributed by atoms with E-state index in [9.17, 15) is 9.59 Å². The van der Waals surface area contributed by atoms with E-state index in [1.165, 1.54) is 26.0 Å². The number of halogens is 1. The number of nitrogens with one attached hydrogen (secondary N) is 3. The molecule has 4 rings (SSSR count). The van der Waals surface area contributed by atoms with Crippen molar-refractivity contribution in [2.75, 3.05) is 17.2 Å². The minimum absolute atomic E-state index is 0.197. The van der Waals surface area contributed by atoms with Crippen molar-refractivity contribution in [3.8, 4) is 5.75 Å². The van der Waals surface area contributed by atoms with Gasteiger partial charge < -0.3 is 24.8 Å². The number of anilines is 2. The van der Waals surface area contributed by atoms with Crippen molar-refractivity contribution in [2.45, 2.75) is 32.7 Å². The maximum absolute atomic E-state index is 12.6. The number of nitrogens with zero attached hydrogens (tertiary/aromatic N) is 1. The Morgan fingerprint density at radius 3 is 2.93 bits per heavy atom. The van der Waals surface area contributed by atoms with Crippen LogP contribution in [-0.4, -0.2) is 22.5 Å². The number of ether oxygens (including phenoxy) is 1. The quantitative estimate of drug-likeness (QED) is 0.535. The molecular formula is C20H21ClN4O4. The van der Waals surface area contributed by atoms with Gasteiger partial charge in [-0.15, -0.1) is 0 Å². The molecule has 1 aliphatic carbocycles. The summed E-state index contributed by atoms with van der Waals surface area (Å²) in [6, 6.07) is 5.13. The Hall–Kier alpha value is -3.00. The lowest BCUT2D eigenvalue weighted by molar-refractivity contribution is -0.114. The van der Waals surface area contributed by atoms with Gasteiger partial charge in [-0.3, -0.25) is 9.59 Å². The number of carbonyl (C=O) groups is 1. The van der Waals surface area contributed by atoms with Crippen molar-refractivity contribution in [1.29, 1.82) is 0 Å². The summed E-state index contributed by atoms with van der Waals surface area (Å²) in [4.78, 5) is 30.7. The third kappa shape index (κ3) is 4.54. The average Bonchev–Trinajstić information content (AvgIpc) is 3.39. The van der Waals surface area contributed by atoms with E-state index in [0.717, 1.165) is 5.39 Å². The van der Waals surface area contributed by atoms with Crippen LogP contribution < -0.4 is 20.9 Å². The monoisotopic (exact) mass is 416 g/mol. The second kappa shape index (κ2) is 7.79. The number of hydrogen-bond donors (Lipinski definition) is 3. The zero-order valence-electron chi connectivity index (χ0n) is 16.0. The molecule has 0 spiro atoms. The molecule has 3 N–H and O–H groups in total. The molecular weight excluding hydrogens is 396 g/mol. The largest absolute Gasteiger partial charge is 0.492 e. The van der Waals surface area contributed by atoms with Crippen molar-refractivity contribution in [1.82, 2.24) is 9.97 Å². The number of hydrogen-bond acceptors (Lipinski definition) is 6. The Balaban J connectivity index is 1.55. The van der Waals surface area contributed by atoms with E-state index in [0.29, 0.717) is 40.2 Å². The van der Waals surface area contributed by atoms with Gasteiger partial charge in [0.05, 0.1) is 23.2 Å². The molecule has 1 amide bonds. The van der Waals surface area contributed by atoms with Gasteiger partial charge in [-0.2, -0.15) is 4.98 Å². The lowest BCUT2D eigenvalue weighted by atomic mass is 10.1. The summed E-state index contributed by atoms with van der Waals surface area (Å²) >= 11 is 6.36. The lowest BCUT2D eigenvalue weighted by Crippen LogP contribution is -2.19. The number of aromatic nitrogens is 2. The van der Waals surface area contributed by atoms with Gasteiger partial charge in [-0.25, -0.2) is 0 Å². The fraction of sp³-hybridized carbons (Fsp3) is 0.350. The van der Waals surface area contributed by atoms with E-state index in [4.69, 9.17) is 20.8 Å². The standard InChI is InChI=1S/C20H21ClN4O4/c1-10(22-20-25-18(9-29-20)23-11(2)26)14-5-13-6-15(21)17(28-8-12-3-4-12)7-16(13)24-19(14)27/h5-7,9-10,12H,3-4,8H2,1-2H3,(H,22,25)(H,23,26)(H,24,27)/t10-/m0/s1. The molecule has 9 heteroatoms. The number of amides is 1. The van der Waals surface area contributed by atoms with Crippen LogP contribution >= 0.6 is 11.6 Å². The maximum atomic E-state index is 12.6. The van der Waals surface area contributed by atoms with Gasteiger partial charge in [0.15, 0.2) is 5.82 Å². The maximum Gasteiger partial charge on any atom is 0.297 e. The van der Waals surface area contributed by atoms with Crippen molar-refractivity contribution in [3.63, 3.8) is 0 Å². The van der Waals surface area contributed by atoms with Crippen molar-refractivity contribution >= 4 is 40.2 Å². The van der Waals surface area contributed by atoms with E-state index >= 15 is 0 Å². The van der Waals surface area contributed by atoms with E-state index in [-0.39, 0.29) is 17.5 Å². The molecule has 0 radical (unpaired) electrons. The summed E-state index contributed by atoms with van der Waals surface area (Å²) in [5.41, 5.74) is 0.923. The Bertz CT molecular complexity index is 1120. The summed E-state index contributed by atoms with van der Waals surface area (Å²) in [6.07, 6.45) is 3.70. The van der Waals surface area contributed by atoms with Gasteiger partial charge in [-0.05, 0) is 37.8 Å². The molecule has 152 valence electrons. The first-order valence-electron chi connectivity index (χ1n) is 9.38. The molecule has 0 bridgehead atoms. The number of carbonyl (C=O) groups excluding carboxylic acids is 1. The highest BCUT2D eigenvalue weighted by molar-refractivity contribution is 6.32. The Morgan fingerprint density at radius 2 is 2.21 bits per heavy atom. The van der Waals surface area contributed by atoms with Gasteiger partial charge in [0.25, 0.3) is 11.6 Å². The molecule has 1 aromatic carbocycles. The van der Waals surface area contributed by atoms with Crippen molar-refractivity contribution in [3.05, 3.63) is 45.4 Å². The molecule has 3 aromatic rings. The summed E-state index contributed by atoms with van der Waals surface area (Å²) in [7, 11) is 0. The lowest BCUT2D eigenvalue weighted by Gasteiger charge is -2.14. The molecule has 1 saturated carbocycles. The number of H-pyrrole nitrogens is 1. The minimum Gasteiger partial charge on any atom is -0.492 e. The normalized spacial score (nSPS) is 14.6. The first-order chi connectivity index (χ1) is 13.9. The third-order valence-corrected chi connectivity index (χ3v) is 5.01. The summed E-state index contributed by atoms with van der Waals surface area (Å²) < 4.78 is 11.1. The minimum atomic E-state index is -0.392. The van der Waals surface area contributed by atoms with Crippen LogP contribution in [0.15, 0.2) is 33.7 Å². The van der Waals surface area contributed by atoms with Crippen molar-refractivity contribution < 1.29 is 13.9 Å². The van der Waals surface area contributed by atoms with Crippen LogP contribution in [0.25, 0.3) is 10.9 Å². The Morgan fingerprint density at radius 1 is 1.41 bits per heavy atom. The van der Waals surface area contributed by atoms with Crippen LogP contribution in [0, 0.1) is 5.92 Å². The zero-order valence-corrected chi connectivity index (χ0v) is 16.8. The van der Waals surface area contributed by atoms with Gasteiger partial charge in [0, 0.05) is 23.9 Å². The highest BCUT2D eigenvalue weighted by atomic mass is 35.5. The van der Waals surface area contributed by atoms with Crippen LogP contribution in [-0.2, 0) is 4.79 Å². The van der Waals surface area contributed by atoms with Gasteiger partial charge in [-0.1, -0.05) is 11.6 Å². The highest BCUT2D eigenvalue weighted by Crippen LogP contribution is 2.34. The van der Waals surface area contributed by atoms with Crippen LogP contribution in [0.5, 0.6) is 5.75 Å². The van der Waals surface area contributed by atoms with Gasteiger partial charge in [0.1, 0.15) is 12.0 Å². The Kier molecular flexibility index (Phi) is 5.19. The summed E-state index contributed by atoms with van der Waals surface area (Å²) in [5.74, 6) is 1.23. The molecule has 1 atom stereocenters. The number of oxazole rings is 1. The molecule has 2 aromatic heterocycles. The fourth-order valence-electron chi connectivity index (χ4n) is 2.99. The first-order valence-corrected chi connectivity index (χ1v) is 9.76. The molecule has 2 heterocycles. The fourth-order valence-corrected chi connectivity index (χ4v) is 3.22. The topological polar surface area (TPSA) is 109 Å². The number of rotatable bonds is 7. The average molecular weight is 417 g/mol. The van der Waals surface area contributed by atoms with Crippen LogP contribution in [0.1, 0.15) is 38.3 Å². The molecule has 0 unspecified atom stereocenters. The molecule has 1 fully saturated rings.